The second kappa shape index (κ2) is 8.46. The first kappa shape index (κ1) is 18.1. The molecule has 1 atom stereocenters. The molecule has 0 saturated carbocycles. The maximum atomic E-state index is 12.2. The van der Waals surface area contributed by atoms with Crippen molar-refractivity contribution in [2.75, 3.05) is 0 Å². The summed E-state index contributed by atoms with van der Waals surface area (Å²) in [6.07, 6.45) is -3.16. The Kier molecular flexibility index (Phi) is 6.95. The van der Waals surface area contributed by atoms with Gasteiger partial charge in [0.25, 0.3) is 0 Å². The van der Waals surface area contributed by atoms with E-state index in [2.05, 4.69) is 19.2 Å². The van der Waals surface area contributed by atoms with Gasteiger partial charge in [0.05, 0.1) is 0 Å². The summed E-state index contributed by atoms with van der Waals surface area (Å²) in [6, 6.07) is 6.24. The smallest absolute Gasteiger partial charge is 0.326 e. The van der Waals surface area contributed by atoms with Crippen molar-refractivity contribution in [2.45, 2.75) is 51.5 Å². The van der Waals surface area contributed by atoms with Gasteiger partial charge in [0.2, 0.25) is 12.3 Å². The molecular weight excluding hydrogens is 292 g/mol. The summed E-state index contributed by atoms with van der Waals surface area (Å²) in [5.41, 5.74) is 2.14. The number of carbonyl (C=O) groups is 2. The summed E-state index contributed by atoms with van der Waals surface area (Å²) in [5, 5.41) is 10.9. The van der Waals surface area contributed by atoms with Crippen LogP contribution in [-0.4, -0.2) is 29.5 Å². The second-order valence-corrected chi connectivity index (χ2v) is 5.48. The normalized spacial score (nSPS) is 12.5. The molecule has 0 aliphatic carbocycles. The fourth-order valence-corrected chi connectivity index (χ4v) is 1.99. The molecule has 1 aromatic carbocycles. The average Bonchev–Trinajstić information content (AvgIpc) is 2.44. The maximum absolute atomic E-state index is 12.2. The molecule has 0 aromatic heterocycles. The summed E-state index contributed by atoms with van der Waals surface area (Å²) < 4.78 is 24.5. The Balaban J connectivity index is 2.49. The minimum absolute atomic E-state index is 0.0635. The van der Waals surface area contributed by atoms with Gasteiger partial charge >= 0.3 is 5.97 Å². The molecule has 2 N–H and O–H groups in total. The van der Waals surface area contributed by atoms with E-state index in [-0.39, 0.29) is 6.42 Å². The van der Waals surface area contributed by atoms with Crippen molar-refractivity contribution in [2.24, 2.45) is 0 Å². The van der Waals surface area contributed by atoms with Crippen LogP contribution in [0.15, 0.2) is 24.3 Å². The van der Waals surface area contributed by atoms with E-state index in [0.29, 0.717) is 12.3 Å². The highest BCUT2D eigenvalue weighted by Crippen LogP contribution is 2.15. The number of carbonyl (C=O) groups excluding carboxylic acids is 1. The molecule has 1 aromatic rings. The van der Waals surface area contributed by atoms with Crippen LogP contribution in [0.2, 0.25) is 0 Å². The van der Waals surface area contributed by atoms with Crippen LogP contribution in [0.1, 0.15) is 43.7 Å². The Morgan fingerprint density at radius 3 is 2.23 bits per heavy atom. The Bertz CT molecular complexity index is 501. The number of aliphatic carboxylic acids is 1. The van der Waals surface area contributed by atoms with Gasteiger partial charge < -0.3 is 10.4 Å². The van der Waals surface area contributed by atoms with Gasteiger partial charge in [-0.25, -0.2) is 13.6 Å². The molecule has 4 nitrogen and oxygen atoms in total. The summed E-state index contributed by atoms with van der Waals surface area (Å²) >= 11 is 0. The van der Waals surface area contributed by atoms with Crippen LogP contribution in [0.4, 0.5) is 8.78 Å². The molecule has 122 valence electrons. The Hall–Kier alpha value is -1.98. The van der Waals surface area contributed by atoms with Gasteiger partial charge in [-0.1, -0.05) is 38.1 Å². The van der Waals surface area contributed by atoms with Gasteiger partial charge in [0.1, 0.15) is 6.04 Å². The van der Waals surface area contributed by atoms with Crippen molar-refractivity contribution in [1.82, 2.24) is 5.32 Å². The van der Waals surface area contributed by atoms with E-state index in [1.165, 1.54) is 5.56 Å². The molecule has 0 bridgehead atoms. The number of nitrogens with one attached hydrogen (secondary N) is 1. The van der Waals surface area contributed by atoms with E-state index in [1.54, 1.807) is 0 Å². The van der Waals surface area contributed by atoms with E-state index in [4.69, 9.17) is 5.11 Å². The zero-order chi connectivity index (χ0) is 16.7. The Morgan fingerprint density at radius 2 is 1.77 bits per heavy atom. The lowest BCUT2D eigenvalue weighted by Gasteiger charge is -2.14. The average molecular weight is 313 g/mol. The van der Waals surface area contributed by atoms with E-state index >= 15 is 0 Å². The van der Waals surface area contributed by atoms with Crippen molar-refractivity contribution in [3.8, 4) is 0 Å². The molecule has 0 radical (unpaired) electrons. The topological polar surface area (TPSA) is 66.4 Å². The number of hydrogen-bond acceptors (Lipinski definition) is 2. The van der Waals surface area contributed by atoms with Crippen molar-refractivity contribution < 1.29 is 23.5 Å². The van der Waals surface area contributed by atoms with Crippen LogP contribution in [0, 0.1) is 0 Å². The van der Waals surface area contributed by atoms with Gasteiger partial charge in [-0.05, 0) is 23.5 Å². The van der Waals surface area contributed by atoms with Gasteiger partial charge in [-0.2, -0.15) is 0 Å². The first-order valence-electron chi connectivity index (χ1n) is 7.18. The molecule has 1 unspecified atom stereocenters. The minimum Gasteiger partial charge on any atom is -0.480 e. The summed E-state index contributed by atoms with van der Waals surface area (Å²) in [5.74, 6) is -1.57. The molecule has 0 spiro atoms. The molecule has 0 aliphatic heterocycles. The standard InChI is InChI=1S/C16H21F2NO3/c1-10(2)12-6-3-11(4-7-12)5-8-15(20)19-13(16(21)22)9-14(17)18/h3-4,6-7,10,13-14H,5,8-9H2,1-2H3,(H,19,20)(H,21,22). The third-order valence-electron chi connectivity index (χ3n) is 3.33. The summed E-state index contributed by atoms with van der Waals surface area (Å²) in [6.45, 7) is 4.16. The maximum Gasteiger partial charge on any atom is 0.326 e. The molecule has 6 heteroatoms. The van der Waals surface area contributed by atoms with Gasteiger partial charge in [0, 0.05) is 12.8 Å². The van der Waals surface area contributed by atoms with Crippen molar-refractivity contribution in [3.05, 3.63) is 35.4 Å². The molecule has 22 heavy (non-hydrogen) atoms. The highest BCUT2D eigenvalue weighted by atomic mass is 19.3. The van der Waals surface area contributed by atoms with Crippen molar-refractivity contribution in [1.29, 1.82) is 0 Å². The highest BCUT2D eigenvalue weighted by molar-refractivity contribution is 5.83. The number of carboxylic acid groups (broad SMARTS) is 1. The van der Waals surface area contributed by atoms with Crippen LogP contribution in [0.5, 0.6) is 0 Å². The number of rotatable bonds is 8. The Labute approximate surface area is 128 Å². The van der Waals surface area contributed by atoms with E-state index in [9.17, 15) is 18.4 Å². The summed E-state index contributed by atoms with van der Waals surface area (Å²) in [7, 11) is 0. The number of aryl methyl sites for hydroxylation is 1. The van der Waals surface area contributed by atoms with E-state index in [1.807, 2.05) is 24.3 Å². The number of benzene rings is 1. The fraction of sp³-hybridized carbons (Fsp3) is 0.500. The van der Waals surface area contributed by atoms with Gasteiger partial charge in [0.15, 0.2) is 0 Å². The van der Waals surface area contributed by atoms with Crippen molar-refractivity contribution >= 4 is 11.9 Å². The number of carboxylic acids is 1. The quantitative estimate of drug-likeness (QED) is 0.775. The number of amides is 1. The van der Waals surface area contributed by atoms with E-state index < -0.39 is 30.8 Å². The molecule has 1 amide bonds. The predicted molar refractivity (Wildman–Crippen MR) is 79.0 cm³/mol. The molecule has 0 aliphatic rings. The summed E-state index contributed by atoms with van der Waals surface area (Å²) in [4.78, 5) is 22.5. The third-order valence-corrected chi connectivity index (χ3v) is 3.33. The molecule has 1 rings (SSSR count). The van der Waals surface area contributed by atoms with Crippen LogP contribution >= 0.6 is 0 Å². The largest absolute Gasteiger partial charge is 0.480 e. The lowest BCUT2D eigenvalue weighted by molar-refractivity contribution is -0.143. The second-order valence-electron chi connectivity index (χ2n) is 5.48. The van der Waals surface area contributed by atoms with Crippen LogP contribution in [-0.2, 0) is 16.0 Å². The predicted octanol–water partition coefficient (Wildman–Crippen LogP) is 2.97. The third kappa shape index (κ3) is 6.20. The van der Waals surface area contributed by atoms with Gasteiger partial charge in [-0.15, -0.1) is 0 Å². The number of hydrogen-bond donors (Lipinski definition) is 2. The monoisotopic (exact) mass is 313 g/mol. The van der Waals surface area contributed by atoms with E-state index in [0.717, 1.165) is 5.56 Å². The highest BCUT2D eigenvalue weighted by Gasteiger charge is 2.23. The molecular formula is C16H21F2NO3. The molecule has 0 heterocycles. The van der Waals surface area contributed by atoms with Gasteiger partial charge in [-0.3, -0.25) is 4.79 Å². The van der Waals surface area contributed by atoms with Crippen LogP contribution < -0.4 is 5.32 Å². The first-order chi connectivity index (χ1) is 10.3. The zero-order valence-electron chi connectivity index (χ0n) is 12.7. The lowest BCUT2D eigenvalue weighted by atomic mass is 10.0. The van der Waals surface area contributed by atoms with Crippen LogP contribution in [0.3, 0.4) is 0 Å². The Morgan fingerprint density at radius 1 is 1.18 bits per heavy atom. The van der Waals surface area contributed by atoms with Crippen molar-refractivity contribution in [3.63, 3.8) is 0 Å². The SMILES string of the molecule is CC(C)c1ccc(CCC(=O)NC(CC(F)F)C(=O)O)cc1. The lowest BCUT2D eigenvalue weighted by Crippen LogP contribution is -2.42. The zero-order valence-corrected chi connectivity index (χ0v) is 12.7. The fourth-order valence-electron chi connectivity index (χ4n) is 1.99. The first-order valence-corrected chi connectivity index (χ1v) is 7.18. The molecule has 0 saturated heterocycles. The minimum atomic E-state index is -2.77. The molecule has 0 fully saturated rings. The number of alkyl halides is 2. The van der Waals surface area contributed by atoms with Crippen LogP contribution in [0.25, 0.3) is 0 Å². The number of halogens is 2.